The number of aliphatic hydroxyl groups excluding tert-OH is 11. The van der Waals surface area contributed by atoms with E-state index < -0.39 is 124 Å². The van der Waals surface area contributed by atoms with Crippen molar-refractivity contribution in [2.24, 2.45) is 0 Å². The highest BCUT2D eigenvalue weighted by molar-refractivity contribution is 5.76. The second-order valence-electron chi connectivity index (χ2n) is 28.1. The van der Waals surface area contributed by atoms with Gasteiger partial charge in [-0.25, -0.2) is 0 Å². The zero-order valence-corrected chi connectivity index (χ0v) is 61.0. The van der Waals surface area contributed by atoms with Crippen molar-refractivity contribution in [2.45, 2.75) is 407 Å². The molecule has 0 aliphatic carbocycles. The molecule has 17 atom stereocenters. The summed E-state index contributed by atoms with van der Waals surface area (Å²) in [6.07, 6.45) is 49.4. The molecule has 19 nitrogen and oxygen atoms in total. The molecule has 0 aromatic carbocycles. The van der Waals surface area contributed by atoms with E-state index >= 15 is 0 Å². The minimum atomic E-state index is -1.98. The summed E-state index contributed by atoms with van der Waals surface area (Å²) >= 11 is 0. The van der Waals surface area contributed by atoms with E-state index in [4.69, 9.17) is 28.4 Å². The number of rotatable bonds is 62. The standard InChI is InChI=1S/C79H143NO18/c1-3-5-7-9-11-13-15-17-19-21-22-23-24-25-26-27-28-29-30-31-32-33-34-35-36-37-38-39-40-41-43-45-47-49-51-53-55-57-67(85)80-62(63(84)56-54-52-50-48-46-44-42-20-18-16-14-12-10-8-6-4-2)61-93-77-73(91)70(88)75(65(59-82)95-77)98-79-74(92)71(89)76(66(60-83)96-79)97-78-72(90)69(87)68(86)64(58-81)94-78/h5,7,11,13,17,19,22-23,54,56,62-66,68-79,81-84,86-92H,3-4,6,8-10,12,14-16,18,20-21,24-53,55,57-61H2,1-2H3,(H,80,85)/b7-5-,13-11-,19-17-,23-22-,56-54+. The van der Waals surface area contributed by atoms with Crippen LogP contribution in [0.3, 0.4) is 0 Å². The second kappa shape index (κ2) is 59.8. The topological polar surface area (TPSA) is 307 Å². The Morgan fingerprint density at radius 3 is 1.10 bits per heavy atom. The highest BCUT2D eigenvalue weighted by Gasteiger charge is 2.53. The van der Waals surface area contributed by atoms with Gasteiger partial charge in [-0.15, -0.1) is 0 Å². The van der Waals surface area contributed by atoms with Gasteiger partial charge in [0.15, 0.2) is 18.9 Å². The molecular weight excluding hydrogens is 1250 g/mol. The Bertz CT molecular complexity index is 2010. The summed E-state index contributed by atoms with van der Waals surface area (Å²) in [5, 5.41) is 121. The lowest BCUT2D eigenvalue weighted by atomic mass is 9.96. The molecule has 0 aromatic heterocycles. The molecule has 3 heterocycles. The summed E-state index contributed by atoms with van der Waals surface area (Å²) in [4.78, 5) is 13.4. The third-order valence-electron chi connectivity index (χ3n) is 19.6. The molecular formula is C79H143NO18. The fourth-order valence-electron chi connectivity index (χ4n) is 13.2. The van der Waals surface area contributed by atoms with Gasteiger partial charge >= 0.3 is 0 Å². The van der Waals surface area contributed by atoms with Crippen LogP contribution in [0.1, 0.15) is 303 Å². The quantitative estimate of drug-likeness (QED) is 0.0199. The van der Waals surface area contributed by atoms with Crippen LogP contribution >= 0.6 is 0 Å². The summed E-state index contributed by atoms with van der Waals surface area (Å²) in [6.45, 7) is 1.65. The first-order valence-corrected chi connectivity index (χ1v) is 39.5. The van der Waals surface area contributed by atoms with E-state index in [0.29, 0.717) is 6.42 Å². The Labute approximate surface area is 592 Å². The molecule has 3 rings (SSSR count). The number of hydrogen-bond acceptors (Lipinski definition) is 18. The maximum atomic E-state index is 13.4. The largest absolute Gasteiger partial charge is 0.394 e. The maximum Gasteiger partial charge on any atom is 0.220 e. The van der Waals surface area contributed by atoms with E-state index in [9.17, 15) is 61.0 Å². The minimum Gasteiger partial charge on any atom is -0.394 e. The molecule has 19 heteroatoms. The third kappa shape index (κ3) is 39.9. The maximum absolute atomic E-state index is 13.4. The summed E-state index contributed by atoms with van der Waals surface area (Å²) in [7, 11) is 0. The van der Waals surface area contributed by atoms with Crippen LogP contribution in [0.15, 0.2) is 60.8 Å². The highest BCUT2D eigenvalue weighted by Crippen LogP contribution is 2.33. The Balaban J connectivity index is 1.31. The Morgan fingerprint density at radius 2 is 0.704 bits per heavy atom. The van der Waals surface area contributed by atoms with Gasteiger partial charge in [-0.3, -0.25) is 4.79 Å². The molecule has 0 radical (unpaired) electrons. The Hall–Kier alpha value is -2.51. The van der Waals surface area contributed by atoms with Crippen LogP contribution in [0.4, 0.5) is 0 Å². The first-order chi connectivity index (χ1) is 47.8. The molecule has 0 aromatic rings. The number of ether oxygens (including phenoxy) is 6. The van der Waals surface area contributed by atoms with Crippen molar-refractivity contribution >= 4 is 5.91 Å². The van der Waals surface area contributed by atoms with E-state index in [0.717, 1.165) is 70.6 Å². The SMILES string of the molecule is CC/C=C\C/C=C\C/C=C\C/C=C\CCCCCCCCCCCCCCCCCCCCCCCCCCC(=O)NC(COC1OC(CO)C(OC2OC(CO)C(OC3OC(CO)C(O)C(O)C3O)C(O)C2O)C(O)C1O)C(O)/C=C/CCCCCCCCCCCCCCCC. The minimum absolute atomic E-state index is 0.246. The molecule has 3 aliphatic heterocycles. The zero-order chi connectivity index (χ0) is 71.1. The summed E-state index contributed by atoms with van der Waals surface area (Å²) in [5.74, 6) is -0.271. The molecule has 17 unspecified atom stereocenters. The van der Waals surface area contributed by atoms with Crippen LogP contribution in [0.5, 0.6) is 0 Å². The lowest BCUT2D eigenvalue weighted by Gasteiger charge is -2.48. The van der Waals surface area contributed by atoms with E-state index in [1.54, 1.807) is 6.08 Å². The fraction of sp³-hybridized carbons (Fsp3) is 0.861. The van der Waals surface area contributed by atoms with Crippen molar-refractivity contribution in [1.82, 2.24) is 5.32 Å². The third-order valence-corrected chi connectivity index (χ3v) is 19.6. The number of carbonyl (C=O) groups is 1. The van der Waals surface area contributed by atoms with Gasteiger partial charge in [0.1, 0.15) is 73.2 Å². The number of nitrogens with one attached hydrogen (secondary N) is 1. The van der Waals surface area contributed by atoms with Gasteiger partial charge in [-0.2, -0.15) is 0 Å². The molecule has 3 saturated heterocycles. The van der Waals surface area contributed by atoms with Gasteiger partial charge in [0.25, 0.3) is 0 Å². The number of carbonyl (C=O) groups excluding carboxylic acids is 1. The molecule has 3 aliphatic rings. The lowest BCUT2D eigenvalue weighted by molar-refractivity contribution is -0.379. The van der Waals surface area contributed by atoms with Crippen molar-refractivity contribution in [3.63, 3.8) is 0 Å². The predicted octanol–water partition coefficient (Wildman–Crippen LogP) is 12.7. The molecule has 12 N–H and O–H groups in total. The van der Waals surface area contributed by atoms with Crippen LogP contribution in [0, 0.1) is 0 Å². The van der Waals surface area contributed by atoms with E-state index in [-0.39, 0.29) is 18.9 Å². The summed E-state index contributed by atoms with van der Waals surface area (Å²) < 4.78 is 34.4. The van der Waals surface area contributed by atoms with E-state index in [1.165, 1.54) is 205 Å². The van der Waals surface area contributed by atoms with Crippen molar-refractivity contribution in [3.8, 4) is 0 Å². The monoisotopic (exact) mass is 1390 g/mol. The van der Waals surface area contributed by atoms with E-state index in [1.807, 2.05) is 6.08 Å². The molecule has 0 spiro atoms. The summed E-state index contributed by atoms with van der Waals surface area (Å²) in [6, 6.07) is -0.973. The van der Waals surface area contributed by atoms with Gasteiger partial charge in [0.05, 0.1) is 38.6 Å². The van der Waals surface area contributed by atoms with Crippen LogP contribution in [-0.2, 0) is 33.2 Å². The molecule has 572 valence electrons. The van der Waals surface area contributed by atoms with Crippen molar-refractivity contribution in [3.05, 3.63) is 60.8 Å². The van der Waals surface area contributed by atoms with Gasteiger partial charge < -0.3 is 89.9 Å². The number of amides is 1. The smallest absolute Gasteiger partial charge is 0.220 e. The number of unbranched alkanes of at least 4 members (excludes halogenated alkanes) is 38. The van der Waals surface area contributed by atoms with Gasteiger partial charge in [-0.1, -0.05) is 299 Å². The predicted molar refractivity (Wildman–Crippen MR) is 388 cm³/mol. The molecule has 0 saturated carbocycles. The average Bonchev–Trinajstić information content (AvgIpc) is 0.784. The first kappa shape index (κ1) is 89.7. The number of aliphatic hydroxyl groups is 11. The van der Waals surface area contributed by atoms with Crippen LogP contribution in [0.2, 0.25) is 0 Å². The Morgan fingerprint density at radius 1 is 0.378 bits per heavy atom. The second-order valence-corrected chi connectivity index (χ2v) is 28.1. The number of hydrogen-bond donors (Lipinski definition) is 12. The van der Waals surface area contributed by atoms with Crippen molar-refractivity contribution in [1.29, 1.82) is 0 Å². The molecule has 98 heavy (non-hydrogen) atoms. The van der Waals surface area contributed by atoms with Gasteiger partial charge in [-0.05, 0) is 57.8 Å². The highest BCUT2D eigenvalue weighted by atomic mass is 16.8. The fourth-order valence-corrected chi connectivity index (χ4v) is 13.2. The Kier molecular flexibility index (Phi) is 54.8. The van der Waals surface area contributed by atoms with Gasteiger partial charge in [0.2, 0.25) is 5.91 Å². The molecule has 3 fully saturated rings. The average molecular weight is 1400 g/mol. The normalized spacial score (nSPS) is 27.1. The number of allylic oxidation sites excluding steroid dienone is 9. The molecule has 0 bridgehead atoms. The van der Waals surface area contributed by atoms with E-state index in [2.05, 4.69) is 67.8 Å². The van der Waals surface area contributed by atoms with Crippen LogP contribution < -0.4 is 5.32 Å². The lowest BCUT2D eigenvalue weighted by Crippen LogP contribution is -2.66. The van der Waals surface area contributed by atoms with Crippen molar-refractivity contribution < 1.29 is 89.4 Å². The molecule has 1 amide bonds. The summed E-state index contributed by atoms with van der Waals surface area (Å²) in [5.41, 5.74) is 0. The zero-order valence-electron chi connectivity index (χ0n) is 61.0. The van der Waals surface area contributed by atoms with Crippen LogP contribution in [0.25, 0.3) is 0 Å². The first-order valence-electron chi connectivity index (χ1n) is 39.5. The van der Waals surface area contributed by atoms with Gasteiger partial charge in [0, 0.05) is 6.42 Å². The van der Waals surface area contributed by atoms with Crippen LogP contribution in [-0.4, -0.2) is 193 Å². The van der Waals surface area contributed by atoms with Crippen molar-refractivity contribution in [2.75, 3.05) is 26.4 Å².